The summed E-state index contributed by atoms with van der Waals surface area (Å²) in [6.45, 7) is 4.23. The summed E-state index contributed by atoms with van der Waals surface area (Å²) in [5.74, 6) is -0.907. The number of ether oxygens (including phenoxy) is 2. The molecule has 0 heterocycles. The third-order valence-corrected chi connectivity index (χ3v) is 5.73. The maximum absolute atomic E-state index is 11.5. The van der Waals surface area contributed by atoms with E-state index in [2.05, 4.69) is 19.1 Å². The van der Waals surface area contributed by atoms with E-state index in [0.717, 1.165) is 63.4 Å². The number of hydrogen-bond acceptors (Lipinski definition) is 4. The molecule has 0 aliphatic heterocycles. The topological polar surface area (TPSA) is 72.8 Å². The molecule has 1 aromatic rings. The van der Waals surface area contributed by atoms with Crippen LogP contribution in [0.1, 0.15) is 109 Å². The minimum absolute atomic E-state index is 0.0703. The maximum atomic E-state index is 11.5. The lowest BCUT2D eigenvalue weighted by molar-refractivity contribution is -0.149. The predicted molar refractivity (Wildman–Crippen MR) is 129 cm³/mol. The second-order valence-electron chi connectivity index (χ2n) is 8.79. The Labute approximate surface area is 194 Å². The Morgan fingerprint density at radius 3 is 2.03 bits per heavy atom. The number of esters is 1. The zero-order valence-corrected chi connectivity index (χ0v) is 20.2. The molecule has 0 aliphatic carbocycles. The zero-order chi connectivity index (χ0) is 23.4. The van der Waals surface area contributed by atoms with Gasteiger partial charge >= 0.3 is 11.9 Å². The van der Waals surface area contributed by atoms with Crippen molar-refractivity contribution >= 4 is 11.9 Å². The van der Waals surface area contributed by atoms with Gasteiger partial charge in [0.15, 0.2) is 0 Å². The number of benzene rings is 1. The molecule has 32 heavy (non-hydrogen) atoms. The normalized spacial score (nSPS) is 12.9. The number of rotatable bonds is 20. The lowest BCUT2D eigenvalue weighted by atomic mass is 10.00. The molecule has 0 radical (unpaired) electrons. The van der Waals surface area contributed by atoms with E-state index >= 15 is 0 Å². The summed E-state index contributed by atoms with van der Waals surface area (Å²) in [5, 5.41) is 8.67. The molecule has 5 heteroatoms. The lowest BCUT2D eigenvalue weighted by Crippen LogP contribution is -2.25. The van der Waals surface area contributed by atoms with Gasteiger partial charge in [-0.2, -0.15) is 0 Å². The van der Waals surface area contributed by atoms with Crippen LogP contribution >= 0.6 is 0 Å². The van der Waals surface area contributed by atoms with E-state index in [1.54, 1.807) is 0 Å². The van der Waals surface area contributed by atoms with Crippen LogP contribution < -0.4 is 0 Å². The molecule has 0 spiro atoms. The molecule has 0 fully saturated rings. The van der Waals surface area contributed by atoms with Gasteiger partial charge in [-0.3, -0.25) is 9.59 Å². The fraction of sp³-hybridized carbons (Fsp3) is 0.704. The first-order valence-corrected chi connectivity index (χ1v) is 12.6. The van der Waals surface area contributed by atoms with Crippen molar-refractivity contribution in [1.82, 2.24) is 0 Å². The molecule has 0 aliphatic rings. The number of carboxylic acid groups (broad SMARTS) is 1. The molecule has 1 rings (SSSR count). The third-order valence-electron chi connectivity index (χ3n) is 5.73. The van der Waals surface area contributed by atoms with E-state index in [0.29, 0.717) is 6.61 Å². The van der Waals surface area contributed by atoms with Crippen LogP contribution in [0.15, 0.2) is 30.3 Å². The van der Waals surface area contributed by atoms with Gasteiger partial charge in [0.05, 0.1) is 12.7 Å². The summed E-state index contributed by atoms with van der Waals surface area (Å²) < 4.78 is 11.9. The minimum atomic E-state index is -0.695. The highest BCUT2D eigenvalue weighted by Crippen LogP contribution is 2.20. The highest BCUT2D eigenvalue weighted by Gasteiger charge is 2.19. The number of hydrogen-bond donors (Lipinski definition) is 1. The first-order valence-electron chi connectivity index (χ1n) is 12.6. The molecular weight excluding hydrogens is 404 g/mol. The van der Waals surface area contributed by atoms with Crippen LogP contribution in [0, 0.1) is 0 Å². The Balaban J connectivity index is 2.37. The maximum Gasteiger partial charge on any atom is 0.303 e. The molecule has 0 amide bonds. The van der Waals surface area contributed by atoms with Gasteiger partial charge in [-0.05, 0) is 24.8 Å². The average Bonchev–Trinajstić information content (AvgIpc) is 2.76. The first-order chi connectivity index (χ1) is 15.5. The Bertz CT molecular complexity index is 601. The molecule has 182 valence electrons. The van der Waals surface area contributed by atoms with Crippen molar-refractivity contribution < 1.29 is 24.2 Å². The first kappa shape index (κ1) is 28.2. The standard InChI is InChI=1S/C27H44O5/c1-3-4-18-26(32-23(2)28)21-25(31-22-24-16-12-11-13-17-24)19-14-9-7-5-6-8-10-15-20-27(29)30/h11-13,16-17,25-26H,3-10,14-15,18-22H2,1-2H3,(H,29,30). The fourth-order valence-corrected chi connectivity index (χ4v) is 3.95. The smallest absolute Gasteiger partial charge is 0.303 e. The highest BCUT2D eigenvalue weighted by molar-refractivity contribution is 5.66. The second-order valence-corrected chi connectivity index (χ2v) is 8.79. The molecule has 1 N–H and O–H groups in total. The quantitative estimate of drug-likeness (QED) is 0.171. The summed E-state index contributed by atoms with van der Waals surface area (Å²) in [6.07, 6.45) is 13.9. The predicted octanol–water partition coefficient (Wildman–Crippen LogP) is 7.07. The molecule has 0 saturated heterocycles. The zero-order valence-electron chi connectivity index (χ0n) is 20.2. The third kappa shape index (κ3) is 15.9. The van der Waals surface area contributed by atoms with Gasteiger partial charge in [-0.15, -0.1) is 0 Å². The number of unbranched alkanes of at least 4 members (excludes halogenated alkanes) is 8. The molecule has 2 unspecified atom stereocenters. The van der Waals surface area contributed by atoms with Crippen molar-refractivity contribution in [1.29, 1.82) is 0 Å². The van der Waals surface area contributed by atoms with Crippen molar-refractivity contribution in [2.24, 2.45) is 0 Å². The van der Waals surface area contributed by atoms with Crippen LogP contribution in [0.3, 0.4) is 0 Å². The van der Waals surface area contributed by atoms with E-state index in [-0.39, 0.29) is 24.6 Å². The summed E-state index contributed by atoms with van der Waals surface area (Å²) in [5.41, 5.74) is 1.16. The van der Waals surface area contributed by atoms with Gasteiger partial charge in [-0.1, -0.05) is 95.0 Å². The average molecular weight is 449 g/mol. The SMILES string of the molecule is CCCCC(CC(CCCCCCCCCCC(=O)O)OCc1ccccc1)OC(C)=O. The molecule has 0 aromatic heterocycles. The number of aliphatic carboxylic acids is 1. The molecular formula is C27H44O5. The van der Waals surface area contributed by atoms with Crippen LogP contribution in [0.4, 0.5) is 0 Å². The van der Waals surface area contributed by atoms with Gasteiger partial charge in [0.25, 0.3) is 0 Å². The monoisotopic (exact) mass is 448 g/mol. The van der Waals surface area contributed by atoms with Crippen LogP contribution in [0.25, 0.3) is 0 Å². The lowest BCUT2D eigenvalue weighted by Gasteiger charge is -2.24. The largest absolute Gasteiger partial charge is 0.481 e. The van der Waals surface area contributed by atoms with Crippen LogP contribution in [-0.2, 0) is 25.7 Å². The van der Waals surface area contributed by atoms with E-state index in [9.17, 15) is 9.59 Å². The minimum Gasteiger partial charge on any atom is -0.481 e. The summed E-state index contributed by atoms with van der Waals surface area (Å²) >= 11 is 0. The van der Waals surface area contributed by atoms with E-state index in [1.807, 2.05) is 18.2 Å². The Morgan fingerprint density at radius 1 is 0.844 bits per heavy atom. The van der Waals surface area contributed by atoms with Gasteiger partial charge in [0.2, 0.25) is 0 Å². The highest BCUT2D eigenvalue weighted by atomic mass is 16.5. The Kier molecular flexibility index (Phi) is 16.4. The molecule has 2 atom stereocenters. The summed E-state index contributed by atoms with van der Waals surface area (Å²) in [6, 6.07) is 10.2. The van der Waals surface area contributed by atoms with Gasteiger partial charge in [0.1, 0.15) is 6.10 Å². The Morgan fingerprint density at radius 2 is 1.44 bits per heavy atom. The molecule has 0 bridgehead atoms. The second kappa shape index (κ2) is 18.7. The van der Waals surface area contributed by atoms with E-state index < -0.39 is 5.97 Å². The van der Waals surface area contributed by atoms with Crippen LogP contribution in [0.5, 0.6) is 0 Å². The van der Waals surface area contributed by atoms with Gasteiger partial charge < -0.3 is 14.6 Å². The number of carbonyl (C=O) groups excluding carboxylic acids is 1. The van der Waals surface area contributed by atoms with Crippen molar-refractivity contribution in [2.45, 2.75) is 123 Å². The Hall–Kier alpha value is -1.88. The van der Waals surface area contributed by atoms with E-state index in [4.69, 9.17) is 14.6 Å². The van der Waals surface area contributed by atoms with Crippen molar-refractivity contribution in [3.8, 4) is 0 Å². The molecule has 0 saturated carbocycles. The number of carboxylic acids is 1. The summed E-state index contributed by atoms with van der Waals surface area (Å²) in [7, 11) is 0. The van der Waals surface area contributed by atoms with Crippen LogP contribution in [0.2, 0.25) is 0 Å². The van der Waals surface area contributed by atoms with Crippen LogP contribution in [-0.4, -0.2) is 29.3 Å². The van der Waals surface area contributed by atoms with Gasteiger partial charge in [0, 0.05) is 19.8 Å². The van der Waals surface area contributed by atoms with Gasteiger partial charge in [-0.25, -0.2) is 0 Å². The van der Waals surface area contributed by atoms with Crippen molar-refractivity contribution in [3.63, 3.8) is 0 Å². The molecule has 1 aromatic carbocycles. The molecule has 5 nitrogen and oxygen atoms in total. The van der Waals surface area contributed by atoms with Crippen molar-refractivity contribution in [2.75, 3.05) is 0 Å². The fourth-order valence-electron chi connectivity index (χ4n) is 3.95. The summed E-state index contributed by atoms with van der Waals surface area (Å²) in [4.78, 5) is 22.1. The van der Waals surface area contributed by atoms with E-state index in [1.165, 1.54) is 32.6 Å². The number of carbonyl (C=O) groups is 2. The van der Waals surface area contributed by atoms with Crippen molar-refractivity contribution in [3.05, 3.63) is 35.9 Å².